The zero-order valence-electron chi connectivity index (χ0n) is 9.68. The van der Waals surface area contributed by atoms with Gasteiger partial charge in [-0.1, -0.05) is 11.3 Å². The monoisotopic (exact) mass is 283 g/mol. The van der Waals surface area contributed by atoms with E-state index in [4.69, 9.17) is 0 Å². The summed E-state index contributed by atoms with van der Waals surface area (Å²) in [6.45, 7) is 0.680. The Morgan fingerprint density at radius 1 is 1.37 bits per heavy atom. The van der Waals surface area contributed by atoms with E-state index in [1.54, 1.807) is 5.38 Å². The van der Waals surface area contributed by atoms with Gasteiger partial charge in [-0.25, -0.2) is 4.39 Å². The predicted octanol–water partition coefficient (Wildman–Crippen LogP) is 1.77. The molecule has 0 aliphatic heterocycles. The van der Waals surface area contributed by atoms with Crippen LogP contribution < -0.4 is 10.2 Å². The maximum absolute atomic E-state index is 13.2. The molecular weight excluding hydrogens is 273 g/mol. The highest BCUT2D eigenvalue weighted by molar-refractivity contribution is 7.07. The van der Waals surface area contributed by atoms with Gasteiger partial charge in [0, 0.05) is 30.2 Å². The number of rotatable bonds is 5. The van der Waals surface area contributed by atoms with E-state index in [1.807, 2.05) is 0 Å². The molecule has 6 nitrogen and oxygen atoms in total. The minimum Gasteiger partial charge on any atom is -0.315 e. The number of aromatic nitrogens is 1. The van der Waals surface area contributed by atoms with Crippen LogP contribution in [-0.4, -0.2) is 9.91 Å². The maximum Gasteiger partial charge on any atom is 0.304 e. The Bertz CT molecular complexity index is 653. The molecule has 0 aliphatic carbocycles. The molecule has 0 amide bonds. The summed E-state index contributed by atoms with van der Waals surface area (Å²) in [7, 11) is 0. The van der Waals surface area contributed by atoms with Gasteiger partial charge in [0.15, 0.2) is 0 Å². The lowest BCUT2D eigenvalue weighted by Crippen LogP contribution is -2.14. The number of nitrogens with one attached hydrogen (secondary N) is 2. The molecule has 0 bridgehead atoms. The summed E-state index contributed by atoms with van der Waals surface area (Å²) in [4.78, 5) is 23.3. The number of thiazole rings is 1. The van der Waals surface area contributed by atoms with Gasteiger partial charge in [0.25, 0.3) is 5.69 Å². The minimum atomic E-state index is -0.644. The molecule has 2 rings (SSSR count). The van der Waals surface area contributed by atoms with E-state index >= 15 is 0 Å². The Morgan fingerprint density at radius 2 is 2.16 bits per heavy atom. The number of nitro benzene ring substituents is 1. The largest absolute Gasteiger partial charge is 0.315 e. The number of benzene rings is 1. The van der Waals surface area contributed by atoms with Crippen molar-refractivity contribution in [3.63, 3.8) is 0 Å². The second kappa shape index (κ2) is 5.72. The number of nitro groups is 1. The molecule has 19 heavy (non-hydrogen) atoms. The standard InChI is InChI=1S/C11H10FN3O3S/c12-8-1-7(2-10(3-8)15(17)18)4-13-5-9-6-19-11(16)14-9/h1-3,6,13H,4-5H2,(H,14,16). The van der Waals surface area contributed by atoms with Gasteiger partial charge >= 0.3 is 4.87 Å². The second-order valence-electron chi connectivity index (χ2n) is 3.85. The van der Waals surface area contributed by atoms with Crippen LogP contribution in [0.3, 0.4) is 0 Å². The van der Waals surface area contributed by atoms with Crippen molar-refractivity contribution in [2.75, 3.05) is 0 Å². The van der Waals surface area contributed by atoms with Crippen LogP contribution in [0, 0.1) is 15.9 Å². The van der Waals surface area contributed by atoms with Crippen LogP contribution in [0.1, 0.15) is 11.3 Å². The van der Waals surface area contributed by atoms with Gasteiger partial charge in [-0.3, -0.25) is 14.9 Å². The van der Waals surface area contributed by atoms with Crippen LogP contribution in [0.25, 0.3) is 0 Å². The fourth-order valence-corrected chi connectivity index (χ4v) is 2.16. The fourth-order valence-electron chi connectivity index (χ4n) is 1.58. The minimum absolute atomic E-state index is 0.141. The lowest BCUT2D eigenvalue weighted by molar-refractivity contribution is -0.385. The third kappa shape index (κ3) is 3.70. The van der Waals surface area contributed by atoms with Crippen LogP contribution in [0.15, 0.2) is 28.4 Å². The summed E-state index contributed by atoms with van der Waals surface area (Å²) in [6.07, 6.45) is 0. The first-order valence-electron chi connectivity index (χ1n) is 5.36. The number of hydrogen-bond acceptors (Lipinski definition) is 5. The predicted molar refractivity (Wildman–Crippen MR) is 68.5 cm³/mol. The molecule has 0 unspecified atom stereocenters. The van der Waals surface area contributed by atoms with Crippen LogP contribution >= 0.6 is 11.3 Å². The molecule has 1 aromatic heterocycles. The van der Waals surface area contributed by atoms with Crippen molar-refractivity contribution < 1.29 is 9.31 Å². The molecule has 0 saturated carbocycles. The molecule has 100 valence electrons. The number of halogens is 1. The SMILES string of the molecule is O=c1[nH]c(CNCc2cc(F)cc([N+](=O)[O-])c2)cs1. The first kappa shape index (κ1) is 13.4. The average Bonchev–Trinajstić information content (AvgIpc) is 2.74. The zero-order valence-corrected chi connectivity index (χ0v) is 10.5. The fraction of sp³-hybridized carbons (Fsp3) is 0.182. The van der Waals surface area contributed by atoms with Gasteiger partial charge in [0.05, 0.1) is 11.0 Å². The van der Waals surface area contributed by atoms with Crippen molar-refractivity contribution >= 4 is 17.0 Å². The normalized spacial score (nSPS) is 10.6. The van der Waals surface area contributed by atoms with Crippen LogP contribution in [-0.2, 0) is 13.1 Å². The van der Waals surface area contributed by atoms with Crippen LogP contribution in [0.2, 0.25) is 0 Å². The van der Waals surface area contributed by atoms with E-state index in [0.717, 1.165) is 23.1 Å². The average molecular weight is 283 g/mol. The topological polar surface area (TPSA) is 88.0 Å². The number of hydrogen-bond donors (Lipinski definition) is 2. The Kier molecular flexibility index (Phi) is 4.03. The first-order valence-corrected chi connectivity index (χ1v) is 6.24. The van der Waals surface area contributed by atoms with Gasteiger partial charge in [-0.15, -0.1) is 0 Å². The van der Waals surface area contributed by atoms with E-state index < -0.39 is 10.7 Å². The van der Waals surface area contributed by atoms with Gasteiger partial charge < -0.3 is 10.3 Å². The Hall–Kier alpha value is -2.06. The molecule has 1 heterocycles. The summed E-state index contributed by atoms with van der Waals surface area (Å²) in [5.74, 6) is -0.644. The van der Waals surface area contributed by atoms with E-state index in [9.17, 15) is 19.3 Å². The van der Waals surface area contributed by atoms with Crippen molar-refractivity contribution in [2.45, 2.75) is 13.1 Å². The smallest absolute Gasteiger partial charge is 0.304 e. The van der Waals surface area contributed by atoms with Crippen molar-refractivity contribution in [2.24, 2.45) is 0 Å². The summed E-state index contributed by atoms with van der Waals surface area (Å²) < 4.78 is 13.2. The molecule has 0 radical (unpaired) electrons. The summed E-state index contributed by atoms with van der Waals surface area (Å²) in [5, 5.41) is 15.2. The van der Waals surface area contributed by atoms with Crippen molar-refractivity contribution in [1.82, 2.24) is 10.3 Å². The van der Waals surface area contributed by atoms with E-state index in [1.165, 1.54) is 12.1 Å². The molecule has 0 spiro atoms. The summed E-state index contributed by atoms with van der Waals surface area (Å²) >= 11 is 1.06. The molecule has 2 N–H and O–H groups in total. The van der Waals surface area contributed by atoms with Crippen molar-refractivity contribution in [1.29, 1.82) is 0 Å². The maximum atomic E-state index is 13.2. The molecule has 0 saturated heterocycles. The Balaban J connectivity index is 1.99. The molecule has 0 atom stereocenters. The van der Waals surface area contributed by atoms with Gasteiger partial charge in [0.1, 0.15) is 5.82 Å². The Morgan fingerprint density at radius 3 is 2.79 bits per heavy atom. The molecule has 2 aromatic rings. The second-order valence-corrected chi connectivity index (χ2v) is 4.69. The number of H-pyrrole nitrogens is 1. The van der Waals surface area contributed by atoms with Gasteiger partial charge in [-0.2, -0.15) is 0 Å². The number of nitrogens with zero attached hydrogens (tertiary/aromatic N) is 1. The first-order chi connectivity index (χ1) is 9.04. The van der Waals surface area contributed by atoms with Crippen molar-refractivity contribution in [3.8, 4) is 0 Å². The third-order valence-electron chi connectivity index (χ3n) is 2.37. The highest BCUT2D eigenvalue weighted by Crippen LogP contribution is 2.16. The van der Waals surface area contributed by atoms with E-state index in [-0.39, 0.29) is 17.1 Å². The van der Waals surface area contributed by atoms with Crippen LogP contribution in [0.5, 0.6) is 0 Å². The van der Waals surface area contributed by atoms with Gasteiger partial charge in [0.2, 0.25) is 0 Å². The van der Waals surface area contributed by atoms with Crippen molar-refractivity contribution in [3.05, 3.63) is 60.4 Å². The molecule has 1 aromatic carbocycles. The van der Waals surface area contributed by atoms with E-state index in [0.29, 0.717) is 12.1 Å². The molecular formula is C11H10FN3O3S. The summed E-state index contributed by atoms with van der Waals surface area (Å²) in [5.41, 5.74) is 0.922. The quantitative estimate of drug-likeness (QED) is 0.646. The van der Waals surface area contributed by atoms with E-state index in [2.05, 4.69) is 10.3 Å². The summed E-state index contributed by atoms with van der Waals surface area (Å²) in [6, 6.07) is 3.42. The Labute approximate surface area is 111 Å². The number of aromatic amines is 1. The lowest BCUT2D eigenvalue weighted by Gasteiger charge is -2.03. The zero-order chi connectivity index (χ0) is 13.8. The third-order valence-corrected chi connectivity index (χ3v) is 3.09. The molecule has 0 fully saturated rings. The highest BCUT2D eigenvalue weighted by Gasteiger charge is 2.09. The lowest BCUT2D eigenvalue weighted by atomic mass is 10.2. The molecule has 0 aliphatic rings. The van der Waals surface area contributed by atoms with Crippen LogP contribution in [0.4, 0.5) is 10.1 Å². The number of non-ortho nitro benzene ring substituents is 1. The van der Waals surface area contributed by atoms with Gasteiger partial charge in [-0.05, 0) is 11.6 Å². The molecule has 8 heteroatoms. The highest BCUT2D eigenvalue weighted by atomic mass is 32.1.